The molecule has 0 N–H and O–H groups in total. The fourth-order valence-corrected chi connectivity index (χ4v) is 20.1. The maximum absolute atomic E-state index is 2.84. The van der Waals surface area contributed by atoms with Crippen LogP contribution in [-0.4, -0.2) is 11.4 Å². The molecular weight excluding hydrogens is 888 g/mol. The Labute approximate surface area is 426 Å². The molecule has 0 saturated heterocycles. The Bertz CT molecular complexity index is 3880. The molecule has 8 aromatic carbocycles. The van der Waals surface area contributed by atoms with Crippen LogP contribution in [0.25, 0.3) is 81.0 Å². The van der Waals surface area contributed by atoms with Crippen LogP contribution in [-0.2, 0) is 10.8 Å². The third kappa shape index (κ3) is 5.42. The molecule has 0 spiro atoms. The zero-order valence-corrected chi connectivity index (χ0v) is 41.7. The summed E-state index contributed by atoms with van der Waals surface area (Å²) in [5.41, 5.74) is 21.4. The van der Waals surface area contributed by atoms with Crippen molar-refractivity contribution in [3.05, 3.63) is 175 Å². The fourth-order valence-electron chi connectivity index (χ4n) is 18.8. The maximum Gasteiger partial charge on any atom is 0.333 e. The third-order valence-corrected chi connectivity index (χ3v) is 22.0. The van der Waals surface area contributed by atoms with Gasteiger partial charge in [0.15, 0.2) is 0 Å². The van der Waals surface area contributed by atoms with Crippen LogP contribution >= 0.6 is 11.3 Å². The lowest BCUT2D eigenvalue weighted by molar-refractivity contribution is -0.00526. The summed E-state index contributed by atoms with van der Waals surface area (Å²) in [6, 6.07) is 64.8. The van der Waals surface area contributed by atoms with Gasteiger partial charge in [0.2, 0.25) is 0 Å². The second-order valence-corrected chi connectivity index (χ2v) is 25.9. The van der Waals surface area contributed by atoms with Gasteiger partial charge in [-0.1, -0.05) is 115 Å². The van der Waals surface area contributed by atoms with E-state index in [1.165, 1.54) is 180 Å². The van der Waals surface area contributed by atoms with Crippen LogP contribution in [0.3, 0.4) is 0 Å². The number of hydrogen-bond acceptors (Lipinski definition) is 2. The predicted octanol–water partition coefficient (Wildman–Crippen LogP) is 16.7. The zero-order valence-electron chi connectivity index (χ0n) is 40.9. The Hall–Kier alpha value is -6.36. The van der Waals surface area contributed by atoms with Crippen molar-refractivity contribution in [2.75, 3.05) is 4.81 Å². The Morgan fingerprint density at radius 2 is 1.03 bits per heavy atom. The summed E-state index contributed by atoms with van der Waals surface area (Å²) in [6.45, 7) is -0.0264. The van der Waals surface area contributed by atoms with Gasteiger partial charge in [0.05, 0.1) is 21.4 Å². The number of aromatic nitrogens is 1. The lowest BCUT2D eigenvalue weighted by Gasteiger charge is -2.57. The largest absolute Gasteiger partial charge is 0.375 e. The van der Waals surface area contributed by atoms with E-state index in [0.29, 0.717) is 5.41 Å². The summed E-state index contributed by atoms with van der Waals surface area (Å²) in [6.07, 6.45) is 17.1. The van der Waals surface area contributed by atoms with Gasteiger partial charge in [0.1, 0.15) is 0 Å². The van der Waals surface area contributed by atoms with E-state index in [1.54, 1.807) is 11.1 Å². The van der Waals surface area contributed by atoms with Crippen molar-refractivity contribution in [1.29, 1.82) is 0 Å². The van der Waals surface area contributed by atoms with E-state index in [9.17, 15) is 0 Å². The van der Waals surface area contributed by atoms with Crippen LogP contribution in [0.2, 0.25) is 0 Å². The van der Waals surface area contributed by atoms with Crippen LogP contribution < -0.4 is 15.7 Å². The van der Waals surface area contributed by atoms with Gasteiger partial charge in [-0.25, -0.2) is 0 Å². The van der Waals surface area contributed by atoms with E-state index >= 15 is 0 Å². The molecule has 20 rings (SSSR count). The van der Waals surface area contributed by atoms with Gasteiger partial charge in [-0.3, -0.25) is 0 Å². The number of anilines is 2. The third-order valence-electron chi connectivity index (χ3n) is 20.8. The lowest BCUT2D eigenvalue weighted by atomic mass is 9.42. The summed E-state index contributed by atoms with van der Waals surface area (Å²) < 4.78 is 5.53. The van der Waals surface area contributed by atoms with Crippen LogP contribution in [0.15, 0.2) is 164 Å². The van der Waals surface area contributed by atoms with Gasteiger partial charge in [-0.2, -0.15) is 0 Å². The zero-order chi connectivity index (χ0) is 46.6. The summed E-state index contributed by atoms with van der Waals surface area (Å²) in [5, 5.41) is 5.71. The molecule has 348 valence electrons. The second-order valence-electron chi connectivity index (χ2n) is 24.9. The summed E-state index contributed by atoms with van der Waals surface area (Å²) >= 11 is 1.99. The van der Waals surface area contributed by atoms with E-state index < -0.39 is 0 Å². The molecule has 0 amide bonds. The van der Waals surface area contributed by atoms with Crippen LogP contribution in [0.1, 0.15) is 88.2 Å². The number of hydrogen-bond donors (Lipinski definition) is 0. The highest BCUT2D eigenvalue weighted by Crippen LogP contribution is 2.63. The maximum atomic E-state index is 2.84. The van der Waals surface area contributed by atoms with Gasteiger partial charge in [-0.05, 0) is 222 Å². The van der Waals surface area contributed by atoms with E-state index in [4.69, 9.17) is 0 Å². The second kappa shape index (κ2) is 14.2. The standard InChI is InChI=1S/C68H57BN2S/c1-3-9-46(10-4-1)48-15-18-52(19-16-48)71-65-54(20-21-55-53-13-7-8-14-62(53)72-66(55)65)57-29-49(47-11-5-2-6-12-47)30-61-63(57)69(71)59-33-51(68-37-43-26-44(38-68)28-45(27-43)39-68)32-58-56-31-50(17-22-60(56)70(61)64(58)59)67-34-40-23-41(35-67)25-42(24-40)36-67/h1-22,29-33,40-45H,23-28,34-39H2. The summed E-state index contributed by atoms with van der Waals surface area (Å²) in [4.78, 5) is 2.84. The molecule has 2 nitrogen and oxygen atoms in total. The first-order valence-electron chi connectivity index (χ1n) is 27.8. The van der Waals surface area contributed by atoms with Gasteiger partial charge in [0.25, 0.3) is 0 Å². The molecule has 4 heteroatoms. The highest BCUT2D eigenvalue weighted by molar-refractivity contribution is 7.26. The fraction of sp³-hybridized carbons (Fsp3) is 0.294. The van der Waals surface area contributed by atoms with Crippen molar-refractivity contribution in [3.63, 3.8) is 0 Å². The van der Waals surface area contributed by atoms with Crippen molar-refractivity contribution in [3.8, 4) is 39.1 Å². The molecular formula is C68H57BN2S. The van der Waals surface area contributed by atoms with Crippen molar-refractivity contribution >= 4 is 82.5 Å². The van der Waals surface area contributed by atoms with E-state index in [2.05, 4.69) is 173 Å². The quantitative estimate of drug-likeness (QED) is 0.156. The molecule has 2 aliphatic heterocycles. The Morgan fingerprint density at radius 3 is 1.69 bits per heavy atom. The molecule has 10 aliphatic rings. The first kappa shape index (κ1) is 40.2. The van der Waals surface area contributed by atoms with Gasteiger partial charge in [-0.15, -0.1) is 11.3 Å². The molecule has 8 aliphatic carbocycles. The van der Waals surface area contributed by atoms with Crippen molar-refractivity contribution < 1.29 is 0 Å². The first-order valence-corrected chi connectivity index (χ1v) is 28.6. The molecule has 2 aromatic heterocycles. The molecule has 0 unspecified atom stereocenters. The molecule has 0 atom stereocenters. The smallest absolute Gasteiger partial charge is 0.333 e. The SMILES string of the molecule is c1ccc(-c2ccc(N3B4c5c(cc(-c6ccccc6)cc5-n5c6ccc(C78CC9CC(CC(C9)C7)C8)cc6c6cc(C78CC9CC(CC(C9)C7)C8)cc4c65)-c4ccc5c(sc6ccccc65)c43)cc2)cc1. The minimum atomic E-state index is -0.0264. The van der Waals surface area contributed by atoms with E-state index in [-0.39, 0.29) is 12.3 Å². The normalized spacial score (nSPS) is 27.9. The van der Waals surface area contributed by atoms with E-state index in [0.717, 1.165) is 35.5 Å². The number of thiophene rings is 1. The molecule has 4 heterocycles. The number of rotatable bonds is 5. The molecule has 72 heavy (non-hydrogen) atoms. The first-order chi connectivity index (χ1) is 35.5. The Kier molecular flexibility index (Phi) is 7.94. The van der Waals surface area contributed by atoms with E-state index in [1.807, 2.05) is 11.3 Å². The molecule has 8 saturated carbocycles. The van der Waals surface area contributed by atoms with Crippen LogP contribution in [0.4, 0.5) is 11.4 Å². The Morgan fingerprint density at radius 1 is 0.444 bits per heavy atom. The number of nitrogens with zero attached hydrogens (tertiary/aromatic N) is 2. The average molecular weight is 945 g/mol. The predicted molar refractivity (Wildman–Crippen MR) is 303 cm³/mol. The molecule has 8 fully saturated rings. The topological polar surface area (TPSA) is 8.17 Å². The number of fused-ring (bicyclic) bond motifs is 11. The molecule has 10 aromatic rings. The van der Waals surface area contributed by atoms with Crippen LogP contribution in [0, 0.1) is 35.5 Å². The Balaban J connectivity index is 0.968. The summed E-state index contributed by atoms with van der Waals surface area (Å²) in [7, 11) is 0. The van der Waals surface area contributed by atoms with Gasteiger partial charge >= 0.3 is 6.85 Å². The van der Waals surface area contributed by atoms with Crippen molar-refractivity contribution in [2.24, 2.45) is 35.5 Å². The minimum Gasteiger partial charge on any atom is -0.375 e. The van der Waals surface area contributed by atoms with Gasteiger partial charge < -0.3 is 9.38 Å². The average Bonchev–Trinajstić information content (AvgIpc) is 3.96. The van der Waals surface area contributed by atoms with Crippen molar-refractivity contribution in [1.82, 2.24) is 4.57 Å². The van der Waals surface area contributed by atoms with Gasteiger partial charge in [0, 0.05) is 43.2 Å². The highest BCUT2D eigenvalue weighted by atomic mass is 32.1. The highest BCUT2D eigenvalue weighted by Gasteiger charge is 2.54. The summed E-state index contributed by atoms with van der Waals surface area (Å²) in [5.74, 6) is 5.36. The number of benzene rings is 8. The minimum absolute atomic E-state index is 0.0264. The molecule has 8 bridgehead atoms. The molecule has 0 radical (unpaired) electrons. The van der Waals surface area contributed by atoms with Crippen LogP contribution in [0.5, 0.6) is 0 Å². The lowest BCUT2D eigenvalue weighted by Crippen LogP contribution is -2.61. The monoisotopic (exact) mass is 944 g/mol. The van der Waals surface area contributed by atoms with Crippen molar-refractivity contribution in [2.45, 2.75) is 87.9 Å².